The number of carboxylic acid groups (broad SMARTS) is 1. The Morgan fingerprint density at radius 3 is 2.93 bits per heavy atom. The second kappa shape index (κ2) is 5.81. The number of carbonyl (C=O) groups is 1. The van der Waals surface area contributed by atoms with Gasteiger partial charge in [-0.3, -0.25) is 4.79 Å². The van der Waals surface area contributed by atoms with E-state index in [9.17, 15) is 4.79 Å². The van der Waals surface area contributed by atoms with Gasteiger partial charge in [0.15, 0.2) is 0 Å². The van der Waals surface area contributed by atoms with Crippen molar-refractivity contribution < 1.29 is 9.90 Å². The SMILES string of the molecule is CCC(NCC1CC=CCC1)C(=O)O. The van der Waals surface area contributed by atoms with Crippen LogP contribution in [-0.2, 0) is 4.79 Å². The zero-order valence-corrected chi connectivity index (χ0v) is 8.70. The molecule has 2 unspecified atom stereocenters. The standard InChI is InChI=1S/C11H19NO2/c1-2-10(11(13)14)12-8-9-6-4-3-5-7-9/h3-4,9-10,12H,2,5-8H2,1H3,(H,13,14). The van der Waals surface area contributed by atoms with Gasteiger partial charge in [-0.05, 0) is 38.1 Å². The molecular weight excluding hydrogens is 178 g/mol. The molecule has 0 fully saturated rings. The molecule has 1 rings (SSSR count). The van der Waals surface area contributed by atoms with Crippen LogP contribution in [0.5, 0.6) is 0 Å². The summed E-state index contributed by atoms with van der Waals surface area (Å²) in [5.41, 5.74) is 0. The fourth-order valence-corrected chi connectivity index (χ4v) is 1.76. The van der Waals surface area contributed by atoms with E-state index in [0.717, 1.165) is 19.4 Å². The van der Waals surface area contributed by atoms with Gasteiger partial charge in [-0.15, -0.1) is 0 Å². The van der Waals surface area contributed by atoms with Gasteiger partial charge in [0.1, 0.15) is 6.04 Å². The lowest BCUT2D eigenvalue weighted by Crippen LogP contribution is -2.39. The zero-order chi connectivity index (χ0) is 10.4. The maximum Gasteiger partial charge on any atom is 0.320 e. The maximum atomic E-state index is 10.7. The Hall–Kier alpha value is -0.830. The van der Waals surface area contributed by atoms with E-state index < -0.39 is 5.97 Å². The first kappa shape index (κ1) is 11.2. The fraction of sp³-hybridized carbons (Fsp3) is 0.727. The number of aliphatic carboxylic acids is 1. The predicted molar refractivity (Wildman–Crippen MR) is 56.2 cm³/mol. The van der Waals surface area contributed by atoms with Gasteiger partial charge in [-0.2, -0.15) is 0 Å². The molecule has 0 aromatic carbocycles. The van der Waals surface area contributed by atoms with Crippen molar-refractivity contribution in [3.63, 3.8) is 0 Å². The van der Waals surface area contributed by atoms with Gasteiger partial charge in [-0.1, -0.05) is 19.1 Å². The number of hydrogen-bond donors (Lipinski definition) is 2. The molecule has 2 N–H and O–H groups in total. The highest BCUT2D eigenvalue weighted by Crippen LogP contribution is 2.17. The van der Waals surface area contributed by atoms with E-state index in [1.54, 1.807) is 0 Å². The molecule has 0 aliphatic heterocycles. The van der Waals surface area contributed by atoms with Gasteiger partial charge in [0, 0.05) is 0 Å². The summed E-state index contributed by atoms with van der Waals surface area (Å²) in [4.78, 5) is 10.7. The van der Waals surface area contributed by atoms with Crippen LogP contribution in [0, 0.1) is 5.92 Å². The molecule has 80 valence electrons. The molecule has 0 saturated carbocycles. The molecule has 14 heavy (non-hydrogen) atoms. The highest BCUT2D eigenvalue weighted by molar-refractivity contribution is 5.73. The number of allylic oxidation sites excluding steroid dienone is 2. The fourth-order valence-electron chi connectivity index (χ4n) is 1.76. The van der Waals surface area contributed by atoms with E-state index in [-0.39, 0.29) is 6.04 Å². The monoisotopic (exact) mass is 197 g/mol. The van der Waals surface area contributed by atoms with Gasteiger partial charge in [0.2, 0.25) is 0 Å². The smallest absolute Gasteiger partial charge is 0.320 e. The summed E-state index contributed by atoms with van der Waals surface area (Å²) in [6.07, 6.45) is 8.44. The summed E-state index contributed by atoms with van der Waals surface area (Å²) in [5.74, 6) is -0.118. The second-order valence-electron chi connectivity index (χ2n) is 3.86. The maximum absolute atomic E-state index is 10.7. The lowest BCUT2D eigenvalue weighted by Gasteiger charge is -2.20. The summed E-state index contributed by atoms with van der Waals surface area (Å²) in [6.45, 7) is 2.72. The van der Waals surface area contributed by atoms with Crippen LogP contribution in [0.25, 0.3) is 0 Å². The van der Waals surface area contributed by atoms with Crippen LogP contribution in [0.2, 0.25) is 0 Å². The van der Waals surface area contributed by atoms with Crippen LogP contribution in [0.3, 0.4) is 0 Å². The summed E-state index contributed by atoms with van der Waals surface area (Å²) in [5, 5.41) is 11.9. The molecule has 0 radical (unpaired) electrons. The van der Waals surface area contributed by atoms with Crippen molar-refractivity contribution in [3.05, 3.63) is 12.2 Å². The van der Waals surface area contributed by atoms with Crippen LogP contribution < -0.4 is 5.32 Å². The summed E-state index contributed by atoms with van der Waals surface area (Å²) < 4.78 is 0. The molecule has 2 atom stereocenters. The van der Waals surface area contributed by atoms with E-state index >= 15 is 0 Å². The third-order valence-corrected chi connectivity index (χ3v) is 2.74. The first-order chi connectivity index (χ1) is 6.74. The minimum absolute atomic E-state index is 0.374. The average Bonchev–Trinajstić information content (AvgIpc) is 2.20. The van der Waals surface area contributed by atoms with E-state index in [2.05, 4.69) is 17.5 Å². The van der Waals surface area contributed by atoms with E-state index in [1.165, 1.54) is 6.42 Å². The quantitative estimate of drug-likeness (QED) is 0.661. The largest absolute Gasteiger partial charge is 0.480 e. The molecule has 0 amide bonds. The number of hydrogen-bond acceptors (Lipinski definition) is 2. The molecule has 1 aliphatic rings. The Kier molecular flexibility index (Phi) is 4.66. The Morgan fingerprint density at radius 2 is 2.43 bits per heavy atom. The first-order valence-corrected chi connectivity index (χ1v) is 5.35. The van der Waals surface area contributed by atoms with Crippen molar-refractivity contribution in [3.8, 4) is 0 Å². The second-order valence-corrected chi connectivity index (χ2v) is 3.86. The van der Waals surface area contributed by atoms with Crippen molar-refractivity contribution in [1.82, 2.24) is 5.32 Å². The third kappa shape index (κ3) is 3.50. The van der Waals surface area contributed by atoms with Gasteiger partial charge in [-0.25, -0.2) is 0 Å². The molecule has 0 aromatic heterocycles. The molecule has 1 aliphatic carbocycles. The topological polar surface area (TPSA) is 49.3 Å². The highest BCUT2D eigenvalue weighted by atomic mass is 16.4. The van der Waals surface area contributed by atoms with E-state index in [0.29, 0.717) is 12.3 Å². The molecule has 0 saturated heterocycles. The van der Waals surface area contributed by atoms with Gasteiger partial charge >= 0.3 is 5.97 Å². The Balaban J connectivity index is 2.24. The van der Waals surface area contributed by atoms with Crippen molar-refractivity contribution in [2.24, 2.45) is 5.92 Å². The minimum Gasteiger partial charge on any atom is -0.480 e. The van der Waals surface area contributed by atoms with Crippen LogP contribution in [0.1, 0.15) is 32.6 Å². The number of nitrogens with one attached hydrogen (secondary N) is 1. The van der Waals surface area contributed by atoms with Gasteiger partial charge < -0.3 is 10.4 Å². The lowest BCUT2D eigenvalue weighted by molar-refractivity contribution is -0.139. The molecular formula is C11H19NO2. The predicted octanol–water partition coefficient (Wildman–Crippen LogP) is 1.80. The van der Waals surface area contributed by atoms with Crippen molar-refractivity contribution in [2.75, 3.05) is 6.54 Å². The van der Waals surface area contributed by atoms with Crippen LogP contribution in [-0.4, -0.2) is 23.7 Å². The summed E-state index contributed by atoms with van der Waals surface area (Å²) in [6, 6.07) is -0.374. The van der Waals surface area contributed by atoms with Crippen molar-refractivity contribution in [2.45, 2.75) is 38.6 Å². The average molecular weight is 197 g/mol. The molecule has 0 bridgehead atoms. The van der Waals surface area contributed by atoms with Gasteiger partial charge in [0.05, 0.1) is 0 Å². The first-order valence-electron chi connectivity index (χ1n) is 5.35. The Labute approximate surface area is 85.2 Å². The molecule has 0 aromatic rings. The third-order valence-electron chi connectivity index (χ3n) is 2.74. The van der Waals surface area contributed by atoms with Crippen LogP contribution in [0.15, 0.2) is 12.2 Å². The van der Waals surface area contributed by atoms with E-state index in [1.807, 2.05) is 6.92 Å². The summed E-state index contributed by atoms with van der Waals surface area (Å²) >= 11 is 0. The van der Waals surface area contributed by atoms with Gasteiger partial charge in [0.25, 0.3) is 0 Å². The number of rotatable bonds is 5. The Morgan fingerprint density at radius 1 is 1.64 bits per heavy atom. The minimum atomic E-state index is -0.737. The summed E-state index contributed by atoms with van der Waals surface area (Å²) in [7, 11) is 0. The van der Waals surface area contributed by atoms with E-state index in [4.69, 9.17) is 5.11 Å². The van der Waals surface area contributed by atoms with Crippen molar-refractivity contribution in [1.29, 1.82) is 0 Å². The normalized spacial score (nSPS) is 23.4. The molecule has 0 heterocycles. The molecule has 3 heteroatoms. The zero-order valence-electron chi connectivity index (χ0n) is 8.70. The lowest BCUT2D eigenvalue weighted by atomic mass is 9.94. The Bertz CT molecular complexity index is 213. The van der Waals surface area contributed by atoms with Crippen LogP contribution in [0.4, 0.5) is 0 Å². The molecule has 3 nitrogen and oxygen atoms in total. The van der Waals surface area contributed by atoms with Crippen molar-refractivity contribution >= 4 is 5.97 Å². The molecule has 0 spiro atoms. The highest BCUT2D eigenvalue weighted by Gasteiger charge is 2.16. The number of carboxylic acids is 1. The van der Waals surface area contributed by atoms with Crippen LogP contribution >= 0.6 is 0 Å².